The van der Waals surface area contributed by atoms with Crippen LogP contribution in [0.5, 0.6) is 11.5 Å². The molecule has 162 valence electrons. The van der Waals surface area contributed by atoms with E-state index in [0.717, 1.165) is 24.5 Å². The second kappa shape index (κ2) is 9.54. The summed E-state index contributed by atoms with van der Waals surface area (Å²) < 4.78 is 10.8. The van der Waals surface area contributed by atoms with Gasteiger partial charge in [-0.1, -0.05) is 54.6 Å². The zero-order chi connectivity index (χ0) is 21.8. The second-order valence-corrected chi connectivity index (χ2v) is 8.38. The number of nitrogens with zero attached hydrogens (tertiary/aromatic N) is 2. The summed E-state index contributed by atoms with van der Waals surface area (Å²) in [6, 6.07) is 28.7. The van der Waals surface area contributed by atoms with Crippen LogP contribution in [0.15, 0.2) is 78.9 Å². The van der Waals surface area contributed by atoms with Gasteiger partial charge in [0.1, 0.15) is 11.5 Å². The molecular formula is C27H32N2O2. The van der Waals surface area contributed by atoms with E-state index in [2.05, 4.69) is 103 Å². The van der Waals surface area contributed by atoms with Gasteiger partial charge in [-0.3, -0.25) is 9.80 Å². The molecule has 1 aliphatic rings. The van der Waals surface area contributed by atoms with Crippen LogP contribution >= 0.6 is 0 Å². The Balaban J connectivity index is 1.70. The normalized spacial score (nSPS) is 22.3. The van der Waals surface area contributed by atoms with Gasteiger partial charge in [-0.2, -0.15) is 0 Å². The summed E-state index contributed by atoms with van der Waals surface area (Å²) in [6.45, 7) is 1.01. The van der Waals surface area contributed by atoms with Crippen molar-refractivity contribution in [2.24, 2.45) is 0 Å². The molecule has 4 rings (SSSR count). The summed E-state index contributed by atoms with van der Waals surface area (Å²) in [4.78, 5) is 5.06. The Kier molecular flexibility index (Phi) is 6.59. The van der Waals surface area contributed by atoms with Crippen molar-refractivity contribution in [2.45, 2.75) is 24.5 Å². The first-order valence-electron chi connectivity index (χ1n) is 10.8. The number of likely N-dealkylation sites (N-methyl/N-ethyl adjacent to an activating group) is 2. The first-order valence-corrected chi connectivity index (χ1v) is 10.8. The van der Waals surface area contributed by atoms with Crippen molar-refractivity contribution >= 4 is 0 Å². The topological polar surface area (TPSA) is 24.9 Å². The number of rotatable bonds is 6. The molecule has 0 aliphatic carbocycles. The van der Waals surface area contributed by atoms with Gasteiger partial charge in [0.05, 0.1) is 26.3 Å². The van der Waals surface area contributed by atoms with E-state index in [-0.39, 0.29) is 12.1 Å². The molecule has 1 heterocycles. The molecule has 4 heteroatoms. The standard InChI is InChI=1S/C27H32N2O2/c1-28-19-23(18-20-8-6-5-7-9-20)29(2)27(22-12-16-25(31-4)17-13-22)26(28)21-10-14-24(30-3)15-11-21/h5-17,23,26-27H,18-19H2,1-4H3/t23-,26+,27+/m0/s1. The highest BCUT2D eigenvalue weighted by Crippen LogP contribution is 2.43. The van der Waals surface area contributed by atoms with Gasteiger partial charge in [0.15, 0.2) is 0 Å². The predicted molar refractivity (Wildman–Crippen MR) is 126 cm³/mol. The molecule has 1 aliphatic heterocycles. The molecule has 0 bridgehead atoms. The maximum absolute atomic E-state index is 5.40. The minimum atomic E-state index is 0.228. The molecule has 31 heavy (non-hydrogen) atoms. The van der Waals surface area contributed by atoms with Crippen molar-refractivity contribution in [2.75, 3.05) is 34.9 Å². The minimum absolute atomic E-state index is 0.228. The van der Waals surface area contributed by atoms with Crippen LogP contribution in [0.3, 0.4) is 0 Å². The van der Waals surface area contributed by atoms with E-state index in [0.29, 0.717) is 6.04 Å². The lowest BCUT2D eigenvalue weighted by Gasteiger charge is -2.50. The lowest BCUT2D eigenvalue weighted by molar-refractivity contribution is 0.00507. The van der Waals surface area contributed by atoms with Crippen LogP contribution in [0.25, 0.3) is 0 Å². The molecule has 1 fully saturated rings. The molecule has 3 atom stereocenters. The predicted octanol–water partition coefficient (Wildman–Crippen LogP) is 4.97. The third-order valence-electron chi connectivity index (χ3n) is 6.52. The number of hydrogen-bond acceptors (Lipinski definition) is 4. The zero-order valence-corrected chi connectivity index (χ0v) is 18.9. The van der Waals surface area contributed by atoms with Crippen molar-refractivity contribution < 1.29 is 9.47 Å². The van der Waals surface area contributed by atoms with E-state index in [1.807, 2.05) is 0 Å². The average molecular weight is 417 g/mol. The molecule has 0 saturated carbocycles. The summed E-state index contributed by atoms with van der Waals surface area (Å²) in [6.07, 6.45) is 1.03. The van der Waals surface area contributed by atoms with Crippen molar-refractivity contribution in [1.29, 1.82) is 0 Å². The first kappa shape index (κ1) is 21.4. The number of methoxy groups -OCH3 is 2. The van der Waals surface area contributed by atoms with E-state index in [1.165, 1.54) is 16.7 Å². The zero-order valence-electron chi connectivity index (χ0n) is 18.9. The fraction of sp³-hybridized carbons (Fsp3) is 0.333. The third-order valence-corrected chi connectivity index (χ3v) is 6.52. The Hall–Kier alpha value is -2.82. The van der Waals surface area contributed by atoms with Crippen LogP contribution < -0.4 is 9.47 Å². The van der Waals surface area contributed by atoms with Gasteiger partial charge in [-0.05, 0) is 61.5 Å². The first-order chi connectivity index (χ1) is 15.1. The molecule has 0 radical (unpaired) electrons. The number of ether oxygens (including phenoxy) is 2. The summed E-state index contributed by atoms with van der Waals surface area (Å²) in [5.41, 5.74) is 3.98. The Morgan fingerprint density at radius 2 is 1.23 bits per heavy atom. The Labute approximate surface area is 186 Å². The van der Waals surface area contributed by atoms with Crippen LogP contribution in [0.1, 0.15) is 28.8 Å². The molecule has 0 aromatic heterocycles. The fourth-order valence-electron chi connectivity index (χ4n) is 4.82. The quantitative estimate of drug-likeness (QED) is 0.566. The molecule has 3 aromatic carbocycles. The highest BCUT2D eigenvalue weighted by atomic mass is 16.5. The summed E-state index contributed by atoms with van der Waals surface area (Å²) in [5.74, 6) is 1.77. The summed E-state index contributed by atoms with van der Waals surface area (Å²) in [5, 5.41) is 0. The van der Waals surface area contributed by atoms with Gasteiger partial charge in [0, 0.05) is 12.6 Å². The van der Waals surface area contributed by atoms with Crippen molar-refractivity contribution in [3.8, 4) is 11.5 Å². The molecule has 0 spiro atoms. The maximum atomic E-state index is 5.40. The van der Waals surface area contributed by atoms with Crippen LogP contribution in [0.2, 0.25) is 0 Å². The van der Waals surface area contributed by atoms with E-state index in [9.17, 15) is 0 Å². The van der Waals surface area contributed by atoms with E-state index < -0.39 is 0 Å². The van der Waals surface area contributed by atoms with Gasteiger partial charge < -0.3 is 9.47 Å². The van der Waals surface area contributed by atoms with Crippen molar-refractivity contribution in [3.05, 3.63) is 95.6 Å². The molecule has 3 aromatic rings. The van der Waals surface area contributed by atoms with Crippen LogP contribution in [0, 0.1) is 0 Å². The summed E-state index contributed by atoms with van der Waals surface area (Å²) in [7, 11) is 7.94. The number of benzene rings is 3. The number of piperazine rings is 1. The van der Waals surface area contributed by atoms with Crippen molar-refractivity contribution in [3.63, 3.8) is 0 Å². The highest BCUT2D eigenvalue weighted by Gasteiger charge is 2.40. The lowest BCUT2D eigenvalue weighted by atomic mass is 9.86. The van der Waals surface area contributed by atoms with Crippen molar-refractivity contribution in [1.82, 2.24) is 9.80 Å². The summed E-state index contributed by atoms with van der Waals surface area (Å²) >= 11 is 0. The molecular weight excluding hydrogens is 384 g/mol. The molecule has 0 amide bonds. The van der Waals surface area contributed by atoms with E-state index in [4.69, 9.17) is 9.47 Å². The Morgan fingerprint density at radius 1 is 0.710 bits per heavy atom. The molecule has 0 N–H and O–H groups in total. The third kappa shape index (κ3) is 4.60. The Bertz CT molecular complexity index is 957. The maximum Gasteiger partial charge on any atom is 0.118 e. The number of hydrogen-bond donors (Lipinski definition) is 0. The van der Waals surface area contributed by atoms with Gasteiger partial charge in [0.25, 0.3) is 0 Å². The molecule has 4 nitrogen and oxygen atoms in total. The molecule has 0 unspecified atom stereocenters. The van der Waals surface area contributed by atoms with Gasteiger partial charge in [-0.15, -0.1) is 0 Å². The minimum Gasteiger partial charge on any atom is -0.497 e. The largest absolute Gasteiger partial charge is 0.497 e. The lowest BCUT2D eigenvalue weighted by Crippen LogP contribution is -2.54. The Morgan fingerprint density at radius 3 is 1.74 bits per heavy atom. The highest BCUT2D eigenvalue weighted by molar-refractivity contribution is 5.35. The molecule has 1 saturated heterocycles. The van der Waals surface area contributed by atoms with Crippen LogP contribution in [-0.2, 0) is 6.42 Å². The van der Waals surface area contributed by atoms with Gasteiger partial charge in [0.2, 0.25) is 0 Å². The smallest absolute Gasteiger partial charge is 0.118 e. The SMILES string of the molecule is COc1ccc([C@@H]2[C@@H](c3ccc(OC)cc3)N(C)[C@@H](Cc3ccccc3)CN2C)cc1. The average Bonchev–Trinajstić information content (AvgIpc) is 2.82. The second-order valence-electron chi connectivity index (χ2n) is 8.38. The van der Waals surface area contributed by atoms with Gasteiger partial charge >= 0.3 is 0 Å². The van der Waals surface area contributed by atoms with Gasteiger partial charge in [-0.25, -0.2) is 0 Å². The van der Waals surface area contributed by atoms with E-state index >= 15 is 0 Å². The fourth-order valence-corrected chi connectivity index (χ4v) is 4.82. The van der Waals surface area contributed by atoms with E-state index in [1.54, 1.807) is 14.2 Å². The van der Waals surface area contributed by atoms with Crippen LogP contribution in [-0.4, -0.2) is 50.7 Å². The monoisotopic (exact) mass is 416 g/mol. The van der Waals surface area contributed by atoms with Crippen LogP contribution in [0.4, 0.5) is 0 Å².